The molecule has 2 rings (SSSR count). The van der Waals surface area contributed by atoms with Gasteiger partial charge in [-0.2, -0.15) is 0 Å². The van der Waals surface area contributed by atoms with Crippen LogP contribution in [0.3, 0.4) is 0 Å². The van der Waals surface area contributed by atoms with Crippen molar-refractivity contribution in [3.05, 3.63) is 53.6 Å². The maximum Gasteiger partial charge on any atom is 0.0394 e. The van der Waals surface area contributed by atoms with Gasteiger partial charge in [0, 0.05) is 17.8 Å². The van der Waals surface area contributed by atoms with Gasteiger partial charge in [0.1, 0.15) is 0 Å². The largest absolute Gasteiger partial charge is 0.398 e. The van der Waals surface area contributed by atoms with Crippen LogP contribution in [0.25, 0.3) is 11.1 Å². The average Bonchev–Trinajstić information content (AvgIpc) is 2.32. The van der Waals surface area contributed by atoms with Gasteiger partial charge in [-0.15, -0.1) is 0 Å². The van der Waals surface area contributed by atoms with Crippen LogP contribution in [0.5, 0.6) is 0 Å². The summed E-state index contributed by atoms with van der Waals surface area (Å²) in [6.45, 7) is 3.01. The highest BCUT2D eigenvalue weighted by atomic mass is 15.0. The van der Waals surface area contributed by atoms with Crippen molar-refractivity contribution in [3.63, 3.8) is 0 Å². The first kappa shape index (κ1) is 12.7. The number of benzene rings is 2. The molecule has 2 aromatic rings. The van der Waals surface area contributed by atoms with Crippen LogP contribution in [0.1, 0.15) is 11.1 Å². The smallest absolute Gasteiger partial charge is 0.0394 e. The molecule has 0 aliphatic heterocycles. The second-order valence-electron chi connectivity index (χ2n) is 4.99. The summed E-state index contributed by atoms with van der Waals surface area (Å²) in [5, 5.41) is 0. The molecule has 0 heterocycles. The van der Waals surface area contributed by atoms with Crippen LogP contribution in [0.2, 0.25) is 0 Å². The number of anilines is 1. The van der Waals surface area contributed by atoms with Crippen molar-refractivity contribution in [2.75, 3.05) is 19.8 Å². The summed E-state index contributed by atoms with van der Waals surface area (Å²) < 4.78 is 0. The second-order valence-corrected chi connectivity index (χ2v) is 4.99. The fourth-order valence-corrected chi connectivity index (χ4v) is 2.17. The van der Waals surface area contributed by atoms with Crippen molar-refractivity contribution in [3.8, 4) is 11.1 Å². The van der Waals surface area contributed by atoms with Crippen molar-refractivity contribution in [2.24, 2.45) is 0 Å². The van der Waals surface area contributed by atoms with E-state index in [0.717, 1.165) is 17.8 Å². The number of aryl methyl sites for hydroxylation is 1. The molecule has 0 saturated heterocycles. The van der Waals surface area contributed by atoms with Gasteiger partial charge in [-0.1, -0.05) is 35.9 Å². The molecule has 18 heavy (non-hydrogen) atoms. The van der Waals surface area contributed by atoms with Crippen molar-refractivity contribution in [1.82, 2.24) is 4.90 Å². The van der Waals surface area contributed by atoms with Crippen LogP contribution in [-0.2, 0) is 6.54 Å². The Bertz CT molecular complexity index is 545. The van der Waals surface area contributed by atoms with Crippen molar-refractivity contribution >= 4 is 5.69 Å². The number of nitrogen functional groups attached to an aromatic ring is 1. The third kappa shape index (κ3) is 2.71. The minimum absolute atomic E-state index is 0.840. The number of hydrogen-bond acceptors (Lipinski definition) is 2. The quantitative estimate of drug-likeness (QED) is 0.834. The van der Waals surface area contributed by atoms with Crippen LogP contribution in [0.15, 0.2) is 42.5 Å². The van der Waals surface area contributed by atoms with Crippen LogP contribution >= 0.6 is 0 Å². The molecule has 0 aromatic heterocycles. The molecule has 0 bridgehead atoms. The van der Waals surface area contributed by atoms with E-state index in [-0.39, 0.29) is 0 Å². The number of nitrogens with two attached hydrogens (primary N) is 1. The first-order valence-electron chi connectivity index (χ1n) is 6.17. The van der Waals surface area contributed by atoms with Crippen LogP contribution < -0.4 is 5.73 Å². The highest BCUT2D eigenvalue weighted by molar-refractivity contribution is 5.79. The molecule has 2 aromatic carbocycles. The standard InChI is InChI=1S/C16H20N2/c1-12-8-9-16(17)15(10-12)14-7-5-4-6-13(14)11-18(2)3/h4-10H,11,17H2,1-3H3. The predicted molar refractivity (Wildman–Crippen MR) is 78.4 cm³/mol. The van der Waals surface area contributed by atoms with Crippen molar-refractivity contribution in [2.45, 2.75) is 13.5 Å². The normalized spacial score (nSPS) is 10.9. The van der Waals surface area contributed by atoms with Gasteiger partial charge in [0.2, 0.25) is 0 Å². The molecule has 0 unspecified atom stereocenters. The van der Waals surface area contributed by atoms with E-state index in [4.69, 9.17) is 5.73 Å². The summed E-state index contributed by atoms with van der Waals surface area (Å²) in [6, 6.07) is 14.6. The molecule has 0 atom stereocenters. The maximum atomic E-state index is 6.11. The van der Waals surface area contributed by atoms with E-state index in [1.54, 1.807) is 0 Å². The average molecular weight is 240 g/mol. The van der Waals surface area contributed by atoms with Gasteiger partial charge < -0.3 is 10.6 Å². The van der Waals surface area contributed by atoms with Gasteiger partial charge in [0.25, 0.3) is 0 Å². The van der Waals surface area contributed by atoms with Crippen molar-refractivity contribution in [1.29, 1.82) is 0 Å². The molecule has 0 fully saturated rings. The second kappa shape index (κ2) is 5.23. The van der Waals surface area contributed by atoms with Gasteiger partial charge in [-0.25, -0.2) is 0 Å². The van der Waals surface area contributed by atoms with E-state index in [1.165, 1.54) is 16.7 Å². The Morgan fingerprint density at radius 3 is 2.44 bits per heavy atom. The van der Waals surface area contributed by atoms with E-state index in [0.29, 0.717) is 0 Å². The highest BCUT2D eigenvalue weighted by Gasteiger charge is 2.08. The zero-order chi connectivity index (χ0) is 13.1. The molecule has 2 N–H and O–H groups in total. The van der Waals surface area contributed by atoms with E-state index >= 15 is 0 Å². The van der Waals surface area contributed by atoms with E-state index in [9.17, 15) is 0 Å². The number of rotatable bonds is 3. The first-order valence-corrected chi connectivity index (χ1v) is 6.17. The van der Waals surface area contributed by atoms with Crippen LogP contribution in [-0.4, -0.2) is 19.0 Å². The minimum atomic E-state index is 0.840. The maximum absolute atomic E-state index is 6.11. The molecule has 2 nitrogen and oxygen atoms in total. The third-order valence-corrected chi connectivity index (χ3v) is 3.00. The van der Waals surface area contributed by atoms with Gasteiger partial charge in [0.15, 0.2) is 0 Å². The lowest BCUT2D eigenvalue weighted by atomic mass is 9.96. The zero-order valence-electron chi connectivity index (χ0n) is 11.3. The van der Waals surface area contributed by atoms with E-state index in [2.05, 4.69) is 56.3 Å². The molecular formula is C16H20N2. The highest BCUT2D eigenvalue weighted by Crippen LogP contribution is 2.30. The van der Waals surface area contributed by atoms with E-state index < -0.39 is 0 Å². The summed E-state index contributed by atoms with van der Waals surface area (Å²) in [4.78, 5) is 2.17. The van der Waals surface area contributed by atoms with Crippen LogP contribution in [0.4, 0.5) is 5.69 Å². The number of hydrogen-bond donors (Lipinski definition) is 1. The Balaban J connectivity index is 2.53. The summed E-state index contributed by atoms with van der Waals surface area (Å²) in [5.41, 5.74) is 11.8. The Labute approximate surface area is 109 Å². The van der Waals surface area contributed by atoms with Gasteiger partial charge in [0.05, 0.1) is 0 Å². The molecule has 0 amide bonds. The SMILES string of the molecule is Cc1ccc(N)c(-c2ccccc2CN(C)C)c1. The Morgan fingerprint density at radius 2 is 1.72 bits per heavy atom. The molecule has 0 aliphatic rings. The van der Waals surface area contributed by atoms with Crippen LogP contribution in [0, 0.1) is 6.92 Å². The lowest BCUT2D eigenvalue weighted by molar-refractivity contribution is 0.403. The summed E-state index contributed by atoms with van der Waals surface area (Å²) in [5.74, 6) is 0. The predicted octanol–water partition coefficient (Wildman–Crippen LogP) is 3.31. The lowest BCUT2D eigenvalue weighted by Gasteiger charge is -2.16. The minimum Gasteiger partial charge on any atom is -0.398 e. The monoisotopic (exact) mass is 240 g/mol. The fourth-order valence-electron chi connectivity index (χ4n) is 2.17. The summed E-state index contributed by atoms with van der Waals surface area (Å²) >= 11 is 0. The number of nitrogens with zero attached hydrogens (tertiary/aromatic N) is 1. The molecule has 2 heteroatoms. The molecule has 0 spiro atoms. The van der Waals surface area contributed by atoms with E-state index in [1.807, 2.05) is 12.1 Å². The third-order valence-electron chi connectivity index (χ3n) is 3.00. The van der Waals surface area contributed by atoms with Gasteiger partial charge >= 0.3 is 0 Å². The van der Waals surface area contributed by atoms with Crippen molar-refractivity contribution < 1.29 is 0 Å². The zero-order valence-corrected chi connectivity index (χ0v) is 11.3. The molecule has 0 saturated carbocycles. The Morgan fingerprint density at radius 1 is 1.00 bits per heavy atom. The summed E-state index contributed by atoms with van der Waals surface area (Å²) in [6.07, 6.45) is 0. The Kier molecular flexibility index (Phi) is 3.68. The lowest BCUT2D eigenvalue weighted by Crippen LogP contribution is -2.11. The summed E-state index contributed by atoms with van der Waals surface area (Å²) in [7, 11) is 4.16. The van der Waals surface area contributed by atoms with Gasteiger partial charge in [-0.3, -0.25) is 0 Å². The molecular weight excluding hydrogens is 220 g/mol. The fraction of sp³-hybridized carbons (Fsp3) is 0.250. The molecule has 94 valence electrons. The molecule has 0 aliphatic carbocycles. The Hall–Kier alpha value is -1.80. The topological polar surface area (TPSA) is 29.3 Å². The molecule has 0 radical (unpaired) electrons. The van der Waals surface area contributed by atoms with Gasteiger partial charge in [-0.05, 0) is 44.3 Å². The first-order chi connectivity index (χ1) is 8.58.